The molecule has 0 aromatic carbocycles. The Morgan fingerprint density at radius 1 is 1.50 bits per heavy atom. The fourth-order valence-electron chi connectivity index (χ4n) is 1.86. The van der Waals surface area contributed by atoms with E-state index >= 15 is 0 Å². The Morgan fingerprint density at radius 2 is 2.14 bits per heavy atom. The van der Waals surface area contributed by atoms with E-state index in [1.807, 2.05) is 0 Å². The number of carbonyl (C=O) groups excluding carboxylic acids is 1. The first-order valence-electron chi connectivity index (χ1n) is 4.91. The van der Waals surface area contributed by atoms with Crippen LogP contribution in [0.15, 0.2) is 24.2 Å². The minimum Gasteiger partial charge on any atom is -0.470 e. The van der Waals surface area contributed by atoms with Gasteiger partial charge in [0.1, 0.15) is 5.78 Å². The highest BCUT2D eigenvalue weighted by molar-refractivity contribution is 5.82. The van der Waals surface area contributed by atoms with Crippen molar-refractivity contribution in [2.45, 2.75) is 40.0 Å². The monoisotopic (exact) mass is 194 g/mol. The summed E-state index contributed by atoms with van der Waals surface area (Å²) in [7, 11) is 0. The highest BCUT2D eigenvalue weighted by Crippen LogP contribution is 2.36. The molecular weight excluding hydrogens is 176 g/mol. The predicted octanol–water partition coefficient (Wildman–Crippen LogP) is 3.20. The van der Waals surface area contributed by atoms with Gasteiger partial charge in [0.2, 0.25) is 0 Å². The normalized spacial score (nSPS) is 23.6. The van der Waals surface area contributed by atoms with Gasteiger partial charge < -0.3 is 4.74 Å². The summed E-state index contributed by atoms with van der Waals surface area (Å²) in [5, 5.41) is 0. The van der Waals surface area contributed by atoms with Gasteiger partial charge in [0.15, 0.2) is 0 Å². The van der Waals surface area contributed by atoms with Crippen molar-refractivity contribution >= 4 is 5.78 Å². The first kappa shape index (κ1) is 11.0. The number of rotatable bonds is 2. The summed E-state index contributed by atoms with van der Waals surface area (Å²) in [6.45, 7) is 9.66. The second kappa shape index (κ2) is 3.99. The largest absolute Gasteiger partial charge is 0.470 e. The predicted molar refractivity (Wildman–Crippen MR) is 56.6 cm³/mol. The molecule has 0 aromatic heterocycles. The molecule has 0 saturated heterocycles. The van der Waals surface area contributed by atoms with E-state index in [0.717, 1.165) is 12.0 Å². The van der Waals surface area contributed by atoms with Crippen molar-refractivity contribution in [3.8, 4) is 0 Å². The lowest BCUT2D eigenvalue weighted by Gasteiger charge is -2.29. The maximum absolute atomic E-state index is 11.4. The third kappa shape index (κ3) is 3.36. The topological polar surface area (TPSA) is 26.3 Å². The highest BCUT2D eigenvalue weighted by Gasteiger charge is 2.29. The standard InChI is InChI=1S/C12H18O2/c1-9(2)14-8-10-5-11(13)7-12(3,4)6-10/h8H,1,5-7H2,2-4H3. The minimum absolute atomic E-state index is 0.0829. The maximum Gasteiger partial charge on any atom is 0.137 e. The number of hydrogen-bond acceptors (Lipinski definition) is 2. The van der Waals surface area contributed by atoms with Crippen molar-refractivity contribution in [3.63, 3.8) is 0 Å². The lowest BCUT2D eigenvalue weighted by molar-refractivity contribution is -0.121. The fraction of sp³-hybridized carbons (Fsp3) is 0.583. The Labute approximate surface area is 85.6 Å². The van der Waals surface area contributed by atoms with Gasteiger partial charge in [0.05, 0.1) is 12.0 Å². The number of carbonyl (C=O) groups is 1. The van der Waals surface area contributed by atoms with E-state index in [1.165, 1.54) is 0 Å². The zero-order valence-corrected chi connectivity index (χ0v) is 9.22. The van der Waals surface area contributed by atoms with Gasteiger partial charge in [0.25, 0.3) is 0 Å². The third-order valence-electron chi connectivity index (χ3n) is 2.23. The molecule has 1 saturated carbocycles. The van der Waals surface area contributed by atoms with Crippen LogP contribution in [0.4, 0.5) is 0 Å². The molecule has 14 heavy (non-hydrogen) atoms. The van der Waals surface area contributed by atoms with E-state index < -0.39 is 0 Å². The van der Waals surface area contributed by atoms with E-state index in [-0.39, 0.29) is 5.41 Å². The average molecular weight is 194 g/mol. The van der Waals surface area contributed by atoms with E-state index in [0.29, 0.717) is 24.4 Å². The molecule has 0 spiro atoms. The van der Waals surface area contributed by atoms with Gasteiger partial charge in [-0.3, -0.25) is 4.79 Å². The second-order valence-corrected chi connectivity index (χ2v) is 4.83. The van der Waals surface area contributed by atoms with Gasteiger partial charge in [0, 0.05) is 12.8 Å². The van der Waals surface area contributed by atoms with E-state index in [1.54, 1.807) is 13.2 Å². The van der Waals surface area contributed by atoms with Crippen LogP contribution in [0.2, 0.25) is 0 Å². The molecule has 0 bridgehead atoms. The summed E-state index contributed by atoms with van der Waals surface area (Å²) in [5.74, 6) is 0.964. The summed E-state index contributed by atoms with van der Waals surface area (Å²) in [6.07, 6.45) is 3.83. The Hall–Kier alpha value is -1.05. The molecular formula is C12H18O2. The number of allylic oxidation sites excluding steroid dienone is 2. The van der Waals surface area contributed by atoms with Crippen LogP contribution in [-0.4, -0.2) is 5.78 Å². The minimum atomic E-state index is 0.0829. The van der Waals surface area contributed by atoms with E-state index in [9.17, 15) is 4.79 Å². The number of Topliss-reactive ketones (excluding diaryl/α,β-unsaturated/α-hetero) is 1. The van der Waals surface area contributed by atoms with Crippen LogP contribution >= 0.6 is 0 Å². The molecule has 1 aliphatic carbocycles. The molecule has 0 N–H and O–H groups in total. The van der Waals surface area contributed by atoms with Crippen molar-refractivity contribution in [2.24, 2.45) is 5.41 Å². The summed E-state index contributed by atoms with van der Waals surface area (Å²) in [6, 6.07) is 0. The molecule has 1 aliphatic rings. The maximum atomic E-state index is 11.4. The zero-order valence-electron chi connectivity index (χ0n) is 9.22. The molecule has 0 atom stereocenters. The number of ketones is 1. The third-order valence-corrected chi connectivity index (χ3v) is 2.23. The zero-order chi connectivity index (χ0) is 10.8. The van der Waals surface area contributed by atoms with Gasteiger partial charge in [-0.15, -0.1) is 0 Å². The molecule has 0 radical (unpaired) electrons. The van der Waals surface area contributed by atoms with Gasteiger partial charge in [-0.2, -0.15) is 0 Å². The molecule has 1 fully saturated rings. The molecule has 0 heterocycles. The molecule has 2 heteroatoms. The molecule has 0 aliphatic heterocycles. The van der Waals surface area contributed by atoms with Crippen LogP contribution < -0.4 is 0 Å². The van der Waals surface area contributed by atoms with Gasteiger partial charge in [-0.05, 0) is 24.3 Å². The molecule has 0 amide bonds. The summed E-state index contributed by atoms with van der Waals surface area (Å²) < 4.78 is 5.21. The average Bonchev–Trinajstić information content (AvgIpc) is 1.96. The molecule has 2 nitrogen and oxygen atoms in total. The van der Waals surface area contributed by atoms with Crippen LogP contribution in [0.25, 0.3) is 0 Å². The van der Waals surface area contributed by atoms with Crippen molar-refractivity contribution < 1.29 is 9.53 Å². The highest BCUT2D eigenvalue weighted by atomic mass is 16.5. The quantitative estimate of drug-likeness (QED) is 0.631. The lowest BCUT2D eigenvalue weighted by atomic mass is 9.75. The summed E-state index contributed by atoms with van der Waals surface area (Å²) >= 11 is 0. The van der Waals surface area contributed by atoms with Gasteiger partial charge in [-0.25, -0.2) is 0 Å². The smallest absolute Gasteiger partial charge is 0.137 e. The van der Waals surface area contributed by atoms with Crippen LogP contribution in [0.1, 0.15) is 40.0 Å². The van der Waals surface area contributed by atoms with E-state index in [2.05, 4.69) is 20.4 Å². The summed E-state index contributed by atoms with van der Waals surface area (Å²) in [5.41, 5.74) is 1.16. The Kier molecular flexibility index (Phi) is 3.14. The van der Waals surface area contributed by atoms with Gasteiger partial charge in [-0.1, -0.05) is 20.4 Å². The van der Waals surface area contributed by atoms with Crippen molar-refractivity contribution in [3.05, 3.63) is 24.2 Å². The lowest BCUT2D eigenvalue weighted by Crippen LogP contribution is -2.24. The molecule has 78 valence electrons. The van der Waals surface area contributed by atoms with Crippen LogP contribution in [0.3, 0.4) is 0 Å². The number of hydrogen-bond donors (Lipinski definition) is 0. The SMILES string of the molecule is C=C(C)OC=C1CC(=O)CC(C)(C)C1. The first-order valence-corrected chi connectivity index (χ1v) is 4.91. The Bertz CT molecular complexity index is 285. The molecule has 0 unspecified atom stereocenters. The second-order valence-electron chi connectivity index (χ2n) is 4.83. The Balaban J connectivity index is 2.66. The molecule has 1 rings (SSSR count). The summed E-state index contributed by atoms with van der Waals surface area (Å²) in [4.78, 5) is 11.4. The van der Waals surface area contributed by atoms with E-state index in [4.69, 9.17) is 4.74 Å². The van der Waals surface area contributed by atoms with Crippen molar-refractivity contribution in [1.82, 2.24) is 0 Å². The van der Waals surface area contributed by atoms with Crippen LogP contribution in [-0.2, 0) is 9.53 Å². The Morgan fingerprint density at radius 3 is 2.64 bits per heavy atom. The van der Waals surface area contributed by atoms with Crippen molar-refractivity contribution in [1.29, 1.82) is 0 Å². The van der Waals surface area contributed by atoms with Crippen LogP contribution in [0.5, 0.6) is 0 Å². The number of ether oxygens (including phenoxy) is 1. The van der Waals surface area contributed by atoms with Crippen LogP contribution in [0, 0.1) is 5.41 Å². The fourth-order valence-corrected chi connectivity index (χ4v) is 1.86. The van der Waals surface area contributed by atoms with Crippen molar-refractivity contribution in [2.75, 3.05) is 0 Å². The van der Waals surface area contributed by atoms with Gasteiger partial charge >= 0.3 is 0 Å². The first-order chi connectivity index (χ1) is 6.39. The molecule has 0 aromatic rings.